The maximum atomic E-state index is 12.4. The summed E-state index contributed by atoms with van der Waals surface area (Å²) in [5.41, 5.74) is 1.08. The van der Waals surface area contributed by atoms with E-state index < -0.39 is 0 Å². The van der Waals surface area contributed by atoms with Crippen molar-refractivity contribution in [1.29, 1.82) is 0 Å². The summed E-state index contributed by atoms with van der Waals surface area (Å²) in [6.45, 7) is 1.07. The molecule has 1 fully saturated rings. The number of carbonyl (C=O) groups is 2. The molecule has 4 rings (SSSR count). The number of ether oxygens (including phenoxy) is 2. The topological polar surface area (TPSA) is 67.9 Å². The van der Waals surface area contributed by atoms with Gasteiger partial charge in [0.1, 0.15) is 0 Å². The number of hydrogen-bond acceptors (Lipinski definition) is 4. The highest BCUT2D eigenvalue weighted by Gasteiger charge is 2.31. The predicted octanol–water partition coefficient (Wildman–Crippen LogP) is 3.51. The fourth-order valence-electron chi connectivity index (χ4n) is 3.22. The van der Waals surface area contributed by atoms with Crippen molar-refractivity contribution in [2.24, 2.45) is 5.92 Å². The van der Waals surface area contributed by atoms with E-state index in [1.807, 2.05) is 6.07 Å². The molecule has 0 aliphatic carbocycles. The summed E-state index contributed by atoms with van der Waals surface area (Å²) in [6.07, 6.45) is 0.359. The molecule has 1 atom stereocenters. The van der Waals surface area contributed by atoms with Gasteiger partial charge in [-0.05, 0) is 30.3 Å². The first-order chi connectivity index (χ1) is 13.0. The summed E-state index contributed by atoms with van der Waals surface area (Å²) < 4.78 is 10.7. The molecule has 2 heterocycles. The van der Waals surface area contributed by atoms with Gasteiger partial charge in [0.2, 0.25) is 12.7 Å². The SMILES string of the molecule is O=C(NCC1CC(=O)N(c2ccc3c(c2)OCO3)C1)c1cc(Cl)ccc1Cl. The van der Waals surface area contributed by atoms with Crippen LogP contribution < -0.4 is 19.7 Å². The highest BCUT2D eigenvalue weighted by Crippen LogP contribution is 2.37. The van der Waals surface area contributed by atoms with Gasteiger partial charge in [0.05, 0.1) is 10.6 Å². The first-order valence-electron chi connectivity index (χ1n) is 8.44. The molecule has 6 nitrogen and oxygen atoms in total. The maximum absolute atomic E-state index is 12.4. The van der Waals surface area contributed by atoms with E-state index in [0.717, 1.165) is 5.69 Å². The molecular weight excluding hydrogens is 391 g/mol. The lowest BCUT2D eigenvalue weighted by molar-refractivity contribution is -0.117. The number of rotatable bonds is 4. The molecule has 140 valence electrons. The number of nitrogens with zero attached hydrogens (tertiary/aromatic N) is 1. The second kappa shape index (κ2) is 7.29. The Hall–Kier alpha value is -2.44. The summed E-state index contributed by atoms with van der Waals surface area (Å²) in [5, 5.41) is 3.61. The van der Waals surface area contributed by atoms with Gasteiger partial charge in [-0.1, -0.05) is 23.2 Å². The van der Waals surface area contributed by atoms with Crippen LogP contribution in [0.25, 0.3) is 0 Å². The Labute approximate surface area is 165 Å². The number of anilines is 1. The largest absolute Gasteiger partial charge is 0.454 e. The molecule has 8 heteroatoms. The molecule has 0 saturated carbocycles. The van der Waals surface area contributed by atoms with E-state index in [4.69, 9.17) is 32.7 Å². The number of fused-ring (bicyclic) bond motifs is 1. The van der Waals surface area contributed by atoms with Crippen molar-refractivity contribution in [1.82, 2.24) is 5.32 Å². The van der Waals surface area contributed by atoms with Crippen LogP contribution in [0.2, 0.25) is 10.0 Å². The standard InChI is InChI=1S/C19H16Cl2N2O4/c20-12-1-3-15(21)14(6-12)19(25)22-8-11-5-18(24)23(9-11)13-2-4-16-17(7-13)27-10-26-16/h1-4,6-7,11H,5,8-10H2,(H,22,25). The van der Waals surface area contributed by atoms with E-state index in [1.165, 1.54) is 6.07 Å². The van der Waals surface area contributed by atoms with Crippen molar-refractivity contribution in [3.8, 4) is 11.5 Å². The molecule has 2 aliphatic heterocycles. The minimum atomic E-state index is -0.309. The lowest BCUT2D eigenvalue weighted by Crippen LogP contribution is -2.31. The second-order valence-electron chi connectivity index (χ2n) is 6.45. The lowest BCUT2D eigenvalue weighted by Gasteiger charge is -2.17. The fraction of sp³-hybridized carbons (Fsp3) is 0.263. The third kappa shape index (κ3) is 3.68. The number of halogens is 2. The van der Waals surface area contributed by atoms with Crippen LogP contribution in [0.5, 0.6) is 11.5 Å². The van der Waals surface area contributed by atoms with E-state index in [1.54, 1.807) is 29.2 Å². The number of benzene rings is 2. The van der Waals surface area contributed by atoms with Crippen LogP contribution in [0.4, 0.5) is 5.69 Å². The van der Waals surface area contributed by atoms with Gasteiger partial charge in [-0.3, -0.25) is 9.59 Å². The monoisotopic (exact) mass is 406 g/mol. The lowest BCUT2D eigenvalue weighted by atomic mass is 10.1. The van der Waals surface area contributed by atoms with E-state index in [-0.39, 0.29) is 24.5 Å². The molecular formula is C19H16Cl2N2O4. The number of hydrogen-bond donors (Lipinski definition) is 1. The Balaban J connectivity index is 1.39. The van der Waals surface area contributed by atoms with Gasteiger partial charge in [0.15, 0.2) is 11.5 Å². The highest BCUT2D eigenvalue weighted by atomic mass is 35.5. The van der Waals surface area contributed by atoms with Crippen molar-refractivity contribution in [3.63, 3.8) is 0 Å². The van der Waals surface area contributed by atoms with Crippen LogP contribution in [-0.4, -0.2) is 31.7 Å². The van der Waals surface area contributed by atoms with Gasteiger partial charge in [-0.25, -0.2) is 0 Å². The van der Waals surface area contributed by atoms with E-state index in [0.29, 0.717) is 46.6 Å². The van der Waals surface area contributed by atoms with E-state index in [2.05, 4.69) is 5.32 Å². The molecule has 1 saturated heterocycles. The van der Waals surface area contributed by atoms with Gasteiger partial charge in [-0.15, -0.1) is 0 Å². The van der Waals surface area contributed by atoms with Crippen LogP contribution in [0, 0.1) is 5.92 Å². The summed E-state index contributed by atoms with van der Waals surface area (Å²) in [5.74, 6) is 1.01. The first kappa shape index (κ1) is 17.9. The zero-order valence-corrected chi connectivity index (χ0v) is 15.7. The summed E-state index contributed by atoms with van der Waals surface area (Å²) in [7, 11) is 0. The van der Waals surface area contributed by atoms with Crippen molar-refractivity contribution in [3.05, 3.63) is 52.0 Å². The number of amides is 2. The van der Waals surface area contributed by atoms with Crippen LogP contribution in [-0.2, 0) is 4.79 Å². The average Bonchev–Trinajstić information content (AvgIpc) is 3.27. The quantitative estimate of drug-likeness (QED) is 0.843. The minimum absolute atomic E-state index is 0.00447. The third-order valence-corrected chi connectivity index (χ3v) is 5.16. The highest BCUT2D eigenvalue weighted by molar-refractivity contribution is 6.35. The number of nitrogens with one attached hydrogen (secondary N) is 1. The molecule has 0 aromatic heterocycles. The Morgan fingerprint density at radius 3 is 2.81 bits per heavy atom. The van der Waals surface area contributed by atoms with Gasteiger partial charge >= 0.3 is 0 Å². The number of carbonyl (C=O) groups excluding carboxylic acids is 2. The van der Waals surface area contributed by atoms with Crippen LogP contribution >= 0.6 is 23.2 Å². The zero-order chi connectivity index (χ0) is 19.0. The summed E-state index contributed by atoms with van der Waals surface area (Å²) >= 11 is 12.0. The minimum Gasteiger partial charge on any atom is -0.454 e. The van der Waals surface area contributed by atoms with Crippen molar-refractivity contribution in [2.45, 2.75) is 6.42 Å². The maximum Gasteiger partial charge on any atom is 0.252 e. The molecule has 2 aromatic rings. The van der Waals surface area contributed by atoms with Gasteiger partial charge in [0.25, 0.3) is 5.91 Å². The van der Waals surface area contributed by atoms with Gasteiger partial charge in [-0.2, -0.15) is 0 Å². The molecule has 1 unspecified atom stereocenters. The molecule has 2 aliphatic rings. The van der Waals surface area contributed by atoms with E-state index >= 15 is 0 Å². The molecule has 2 amide bonds. The third-order valence-electron chi connectivity index (χ3n) is 4.60. The van der Waals surface area contributed by atoms with Crippen LogP contribution in [0.3, 0.4) is 0 Å². The van der Waals surface area contributed by atoms with Crippen molar-refractivity contribution in [2.75, 3.05) is 24.8 Å². The van der Waals surface area contributed by atoms with E-state index in [9.17, 15) is 9.59 Å². The molecule has 0 radical (unpaired) electrons. The Kier molecular flexibility index (Phi) is 4.85. The van der Waals surface area contributed by atoms with Gasteiger partial charge in [0, 0.05) is 42.2 Å². The Morgan fingerprint density at radius 1 is 1.15 bits per heavy atom. The zero-order valence-electron chi connectivity index (χ0n) is 14.2. The molecule has 0 bridgehead atoms. The Morgan fingerprint density at radius 2 is 1.96 bits per heavy atom. The smallest absolute Gasteiger partial charge is 0.252 e. The van der Waals surface area contributed by atoms with Crippen LogP contribution in [0.15, 0.2) is 36.4 Å². The summed E-state index contributed by atoms with van der Waals surface area (Å²) in [4.78, 5) is 26.5. The normalized spacial score (nSPS) is 18.1. The fourth-order valence-corrected chi connectivity index (χ4v) is 3.60. The predicted molar refractivity (Wildman–Crippen MR) is 102 cm³/mol. The van der Waals surface area contributed by atoms with Crippen molar-refractivity contribution >= 4 is 40.7 Å². The molecule has 2 aromatic carbocycles. The molecule has 1 N–H and O–H groups in total. The molecule has 0 spiro atoms. The molecule has 27 heavy (non-hydrogen) atoms. The van der Waals surface area contributed by atoms with Crippen LogP contribution in [0.1, 0.15) is 16.8 Å². The first-order valence-corrected chi connectivity index (χ1v) is 9.20. The van der Waals surface area contributed by atoms with Gasteiger partial charge < -0.3 is 19.7 Å². The summed E-state index contributed by atoms with van der Waals surface area (Å²) in [6, 6.07) is 10.2. The average molecular weight is 407 g/mol. The Bertz CT molecular complexity index is 919. The second-order valence-corrected chi connectivity index (χ2v) is 7.29. The van der Waals surface area contributed by atoms with Crippen molar-refractivity contribution < 1.29 is 19.1 Å².